The Balaban J connectivity index is 2.66. The number of carbonyl (C=O) groups excluding carboxylic acids is 1. The first kappa shape index (κ1) is 8.82. The van der Waals surface area contributed by atoms with Crippen molar-refractivity contribution in [1.82, 2.24) is 4.72 Å². The molecule has 0 aliphatic rings. The van der Waals surface area contributed by atoms with E-state index in [-0.39, 0.29) is 0 Å². The first-order chi connectivity index (χ1) is 4.41. The Labute approximate surface area is 60.5 Å². The molecule has 0 atom stereocenters. The van der Waals surface area contributed by atoms with Gasteiger partial charge in [-0.3, -0.25) is 4.79 Å². The molecular formula is C6H13NOS. The fourth-order valence-corrected chi connectivity index (χ4v) is 1.05. The lowest BCUT2D eigenvalue weighted by molar-refractivity contribution is -0.107. The Hall–Kier alpha value is -0.180. The van der Waals surface area contributed by atoms with Gasteiger partial charge < -0.3 is 4.72 Å². The molecule has 3 heteroatoms. The number of hydrogen-bond acceptors (Lipinski definition) is 2. The summed E-state index contributed by atoms with van der Waals surface area (Å²) in [5.41, 5.74) is 0. The van der Waals surface area contributed by atoms with Gasteiger partial charge in [0.05, 0.1) is 0 Å². The molecule has 0 rings (SSSR count). The van der Waals surface area contributed by atoms with Crippen molar-refractivity contribution >= 4 is 18.4 Å². The van der Waals surface area contributed by atoms with E-state index in [1.807, 2.05) is 0 Å². The van der Waals surface area contributed by atoms with E-state index in [1.54, 1.807) is 0 Å². The highest BCUT2D eigenvalue weighted by Gasteiger charge is 1.84. The fraction of sp³-hybridized carbons (Fsp3) is 0.833. The maximum atomic E-state index is 9.71. The van der Waals surface area contributed by atoms with Crippen molar-refractivity contribution in [3.8, 4) is 0 Å². The molecule has 2 nitrogen and oxygen atoms in total. The van der Waals surface area contributed by atoms with Crippen LogP contribution in [0.25, 0.3) is 0 Å². The molecule has 0 spiro atoms. The molecular weight excluding hydrogens is 134 g/mol. The van der Waals surface area contributed by atoms with E-state index >= 15 is 0 Å². The topological polar surface area (TPSA) is 29.1 Å². The van der Waals surface area contributed by atoms with Gasteiger partial charge in [-0.15, -0.1) is 0 Å². The Bertz CT molecular complexity index is 68.1. The average molecular weight is 147 g/mol. The highest BCUT2D eigenvalue weighted by atomic mass is 32.2. The third-order valence-corrected chi connectivity index (χ3v) is 1.74. The molecule has 0 radical (unpaired) electrons. The second kappa shape index (κ2) is 7.82. The van der Waals surface area contributed by atoms with Gasteiger partial charge >= 0.3 is 0 Å². The molecule has 1 N–H and O–H groups in total. The van der Waals surface area contributed by atoms with Gasteiger partial charge in [-0.05, 0) is 6.42 Å². The Kier molecular flexibility index (Phi) is 7.66. The lowest BCUT2D eigenvalue weighted by Gasteiger charge is -1.95. The fourth-order valence-electron chi connectivity index (χ4n) is 0.517. The van der Waals surface area contributed by atoms with Gasteiger partial charge in [0.25, 0.3) is 0 Å². The number of unbranched alkanes of at least 4 members (excludes halogenated alkanes) is 2. The summed E-state index contributed by atoms with van der Waals surface area (Å²) in [4.78, 5) is 9.71. The summed E-state index contributed by atoms with van der Waals surface area (Å²) in [7, 11) is 0. The van der Waals surface area contributed by atoms with Crippen LogP contribution in [0, 0.1) is 0 Å². The van der Waals surface area contributed by atoms with Crippen LogP contribution < -0.4 is 4.72 Å². The first-order valence-electron chi connectivity index (χ1n) is 3.22. The van der Waals surface area contributed by atoms with Crippen LogP contribution in [0.5, 0.6) is 0 Å². The summed E-state index contributed by atoms with van der Waals surface area (Å²) in [6.07, 6.45) is 4.41. The van der Waals surface area contributed by atoms with Crippen molar-refractivity contribution in [1.29, 1.82) is 0 Å². The number of amides is 1. The molecule has 0 aliphatic carbocycles. The largest absolute Gasteiger partial charge is 0.303 e. The predicted octanol–water partition coefficient (Wildman–Crippen LogP) is 1.57. The van der Waals surface area contributed by atoms with E-state index in [0.29, 0.717) is 0 Å². The summed E-state index contributed by atoms with van der Waals surface area (Å²) in [6, 6.07) is 0. The zero-order chi connectivity index (χ0) is 6.95. The van der Waals surface area contributed by atoms with Gasteiger partial charge in [-0.1, -0.05) is 31.7 Å². The Morgan fingerprint density at radius 2 is 2.33 bits per heavy atom. The maximum absolute atomic E-state index is 9.71. The third-order valence-electron chi connectivity index (χ3n) is 0.981. The van der Waals surface area contributed by atoms with Gasteiger partial charge in [-0.25, -0.2) is 0 Å². The van der Waals surface area contributed by atoms with Crippen molar-refractivity contribution in [3.63, 3.8) is 0 Å². The SMILES string of the molecule is CCCCCSNC=O. The molecule has 0 aromatic heterocycles. The molecule has 0 aromatic carbocycles. The minimum absolute atomic E-state index is 0.719. The molecule has 0 saturated heterocycles. The lowest BCUT2D eigenvalue weighted by atomic mass is 10.3. The summed E-state index contributed by atoms with van der Waals surface area (Å²) in [5, 5.41) is 0. The first-order valence-corrected chi connectivity index (χ1v) is 4.21. The van der Waals surface area contributed by atoms with Crippen LogP contribution in [-0.4, -0.2) is 12.2 Å². The third kappa shape index (κ3) is 7.82. The zero-order valence-electron chi connectivity index (χ0n) is 5.72. The lowest BCUT2D eigenvalue weighted by Crippen LogP contribution is -1.98. The highest BCUT2D eigenvalue weighted by molar-refractivity contribution is 7.97. The smallest absolute Gasteiger partial charge is 0.216 e. The molecule has 1 amide bonds. The average Bonchev–Trinajstić information content (AvgIpc) is 1.89. The molecule has 0 fully saturated rings. The van der Waals surface area contributed by atoms with Crippen LogP contribution in [0.4, 0.5) is 0 Å². The van der Waals surface area contributed by atoms with Crippen LogP contribution in [0.15, 0.2) is 0 Å². The Morgan fingerprint density at radius 3 is 2.89 bits per heavy atom. The van der Waals surface area contributed by atoms with Crippen molar-refractivity contribution < 1.29 is 4.79 Å². The van der Waals surface area contributed by atoms with E-state index < -0.39 is 0 Å². The highest BCUT2D eigenvalue weighted by Crippen LogP contribution is 2.00. The van der Waals surface area contributed by atoms with Gasteiger partial charge in [-0.2, -0.15) is 0 Å². The molecule has 0 saturated carbocycles. The molecule has 0 aliphatic heterocycles. The summed E-state index contributed by atoms with van der Waals surface area (Å²) >= 11 is 1.48. The van der Waals surface area contributed by atoms with Crippen molar-refractivity contribution in [2.45, 2.75) is 26.2 Å². The van der Waals surface area contributed by atoms with Crippen molar-refractivity contribution in [2.75, 3.05) is 5.75 Å². The Morgan fingerprint density at radius 1 is 1.56 bits per heavy atom. The van der Waals surface area contributed by atoms with Gasteiger partial charge in [0, 0.05) is 5.75 Å². The molecule has 0 heterocycles. The molecule has 0 aromatic rings. The summed E-state index contributed by atoms with van der Waals surface area (Å²) in [6.45, 7) is 2.16. The second-order valence-electron chi connectivity index (χ2n) is 1.79. The minimum atomic E-state index is 0.719. The van der Waals surface area contributed by atoms with E-state index in [2.05, 4.69) is 11.6 Å². The van der Waals surface area contributed by atoms with E-state index in [0.717, 1.165) is 12.2 Å². The van der Waals surface area contributed by atoms with Crippen molar-refractivity contribution in [3.05, 3.63) is 0 Å². The van der Waals surface area contributed by atoms with Crippen molar-refractivity contribution in [2.24, 2.45) is 0 Å². The van der Waals surface area contributed by atoms with Crippen LogP contribution >= 0.6 is 11.9 Å². The van der Waals surface area contributed by atoms with Gasteiger partial charge in [0.2, 0.25) is 6.41 Å². The predicted molar refractivity (Wildman–Crippen MR) is 41.2 cm³/mol. The monoisotopic (exact) mass is 147 g/mol. The molecule has 0 bridgehead atoms. The number of rotatable bonds is 6. The maximum Gasteiger partial charge on any atom is 0.216 e. The van der Waals surface area contributed by atoms with Crippen LogP contribution in [0.1, 0.15) is 26.2 Å². The summed E-state index contributed by atoms with van der Waals surface area (Å²) in [5.74, 6) is 1.03. The summed E-state index contributed by atoms with van der Waals surface area (Å²) < 4.78 is 2.54. The van der Waals surface area contributed by atoms with Crippen LogP contribution in [0.2, 0.25) is 0 Å². The van der Waals surface area contributed by atoms with E-state index in [4.69, 9.17) is 0 Å². The zero-order valence-corrected chi connectivity index (χ0v) is 6.54. The molecule has 0 unspecified atom stereocenters. The second-order valence-corrected chi connectivity index (χ2v) is 2.72. The molecule has 54 valence electrons. The van der Waals surface area contributed by atoms with E-state index in [1.165, 1.54) is 31.2 Å². The number of carbonyl (C=O) groups is 1. The minimum Gasteiger partial charge on any atom is -0.303 e. The van der Waals surface area contributed by atoms with Gasteiger partial charge in [0.1, 0.15) is 0 Å². The number of hydrogen-bond donors (Lipinski definition) is 1. The van der Waals surface area contributed by atoms with E-state index in [9.17, 15) is 4.79 Å². The standard InChI is InChI=1S/C6H13NOS/c1-2-3-4-5-9-7-6-8/h6H,2-5H2,1H3,(H,7,8). The quantitative estimate of drug-likeness (QED) is 0.351. The van der Waals surface area contributed by atoms with Crippen LogP contribution in [0.3, 0.4) is 0 Å². The van der Waals surface area contributed by atoms with Crippen LogP contribution in [-0.2, 0) is 4.79 Å². The molecule has 9 heavy (non-hydrogen) atoms. The van der Waals surface area contributed by atoms with Gasteiger partial charge in [0.15, 0.2) is 0 Å². The normalized spacial score (nSPS) is 9.00. The number of nitrogens with one attached hydrogen (secondary N) is 1.